The van der Waals surface area contributed by atoms with Crippen molar-refractivity contribution in [3.8, 4) is 0 Å². The van der Waals surface area contributed by atoms with Gasteiger partial charge >= 0.3 is 0 Å². The predicted octanol–water partition coefficient (Wildman–Crippen LogP) is 4.07. The number of rotatable bonds is 9. The Kier molecular flexibility index (Phi) is 8.24. The van der Waals surface area contributed by atoms with Gasteiger partial charge < -0.3 is 9.64 Å². The van der Waals surface area contributed by atoms with Gasteiger partial charge in [-0.2, -0.15) is 4.31 Å². The molecule has 4 rings (SSSR count). The van der Waals surface area contributed by atoms with Crippen molar-refractivity contribution in [2.75, 3.05) is 52.3 Å². The molecule has 0 saturated carbocycles. The van der Waals surface area contributed by atoms with E-state index < -0.39 is 10.0 Å². The second kappa shape index (κ2) is 11.0. The maximum absolute atomic E-state index is 13.5. The monoisotopic (exact) mass is 580 g/mol. The first-order valence-electron chi connectivity index (χ1n) is 11.4. The van der Waals surface area contributed by atoms with E-state index >= 15 is 0 Å². The molecule has 3 aromatic rings. The van der Waals surface area contributed by atoms with Crippen molar-refractivity contribution in [3.05, 3.63) is 52.5 Å². The highest BCUT2D eigenvalue weighted by Gasteiger charge is 2.27. The van der Waals surface area contributed by atoms with E-state index in [1.165, 1.54) is 27.8 Å². The fraction of sp³-hybridized carbons (Fsp3) is 0.417. The third-order valence-electron chi connectivity index (χ3n) is 5.88. The number of sulfonamides is 1. The van der Waals surface area contributed by atoms with Gasteiger partial charge in [0.25, 0.3) is 5.91 Å². The van der Waals surface area contributed by atoms with Crippen LogP contribution < -0.4 is 4.90 Å². The number of benzene rings is 2. The van der Waals surface area contributed by atoms with Gasteiger partial charge in [0.05, 0.1) is 21.2 Å². The van der Waals surface area contributed by atoms with E-state index in [4.69, 9.17) is 4.74 Å². The minimum Gasteiger partial charge on any atom is -0.377 e. The lowest BCUT2D eigenvalue weighted by Gasteiger charge is -2.22. The molecule has 11 heteroatoms. The molecule has 0 N–H and O–H groups in total. The first-order valence-corrected chi connectivity index (χ1v) is 14.4. The van der Waals surface area contributed by atoms with E-state index in [1.54, 1.807) is 24.1 Å². The van der Waals surface area contributed by atoms with Gasteiger partial charge in [-0.05, 0) is 69.4 Å². The number of amides is 1. The molecule has 1 aromatic heterocycles. The number of likely N-dealkylation sites (N-methyl/N-ethyl adjacent to an activating group) is 2. The highest BCUT2D eigenvalue weighted by Crippen LogP contribution is 2.32. The molecule has 188 valence electrons. The van der Waals surface area contributed by atoms with Crippen molar-refractivity contribution in [2.45, 2.75) is 23.8 Å². The first-order chi connectivity index (χ1) is 16.6. The third-order valence-corrected chi connectivity index (χ3v) is 9.25. The number of hydrogen-bond acceptors (Lipinski definition) is 7. The van der Waals surface area contributed by atoms with E-state index in [1.807, 2.05) is 37.2 Å². The Morgan fingerprint density at radius 3 is 2.54 bits per heavy atom. The molecule has 1 saturated heterocycles. The Morgan fingerprint density at radius 2 is 1.89 bits per heavy atom. The van der Waals surface area contributed by atoms with Crippen LogP contribution in [-0.2, 0) is 14.8 Å². The van der Waals surface area contributed by atoms with E-state index in [2.05, 4.69) is 20.9 Å². The summed E-state index contributed by atoms with van der Waals surface area (Å²) in [5, 5.41) is 0.609. The number of ether oxygens (including phenoxy) is 1. The van der Waals surface area contributed by atoms with E-state index in [0.29, 0.717) is 36.9 Å². The van der Waals surface area contributed by atoms with Gasteiger partial charge in [0.15, 0.2) is 5.13 Å². The topological polar surface area (TPSA) is 83.1 Å². The summed E-state index contributed by atoms with van der Waals surface area (Å²) in [5.74, 6) is -0.221. The SMILES string of the molecule is CN(C)CCN(C(=O)c1ccc(S(=O)(=O)N(C)C[C@H]2CCCO2)cc1)c1nc2ccc(Br)cc2s1. The molecular formula is C24H29BrN4O4S2. The lowest BCUT2D eigenvalue weighted by molar-refractivity contribution is 0.0978. The lowest BCUT2D eigenvalue weighted by atomic mass is 10.2. The molecule has 35 heavy (non-hydrogen) atoms. The fourth-order valence-corrected chi connectivity index (χ4v) is 6.61. The predicted molar refractivity (Wildman–Crippen MR) is 143 cm³/mol. The molecule has 1 fully saturated rings. The fourth-order valence-electron chi connectivity index (χ4n) is 3.86. The molecule has 0 bridgehead atoms. The van der Waals surface area contributed by atoms with Crippen LogP contribution in [0.5, 0.6) is 0 Å². The largest absolute Gasteiger partial charge is 0.377 e. The van der Waals surface area contributed by atoms with Crippen LogP contribution >= 0.6 is 27.3 Å². The molecule has 0 radical (unpaired) electrons. The molecule has 0 spiro atoms. The zero-order valence-corrected chi connectivity index (χ0v) is 23.2. The van der Waals surface area contributed by atoms with Crippen LogP contribution in [0.25, 0.3) is 10.2 Å². The molecule has 0 unspecified atom stereocenters. The van der Waals surface area contributed by atoms with Crippen LogP contribution in [0.3, 0.4) is 0 Å². The quantitative estimate of drug-likeness (QED) is 0.379. The minimum atomic E-state index is -3.68. The van der Waals surface area contributed by atoms with Crippen LogP contribution in [0, 0.1) is 0 Å². The number of anilines is 1. The summed E-state index contributed by atoms with van der Waals surface area (Å²) in [5.41, 5.74) is 1.23. The van der Waals surface area contributed by atoms with Gasteiger partial charge in [0.2, 0.25) is 10.0 Å². The molecule has 2 heterocycles. The molecule has 1 aliphatic heterocycles. The number of fused-ring (bicyclic) bond motifs is 1. The highest BCUT2D eigenvalue weighted by molar-refractivity contribution is 9.10. The third kappa shape index (κ3) is 6.10. The van der Waals surface area contributed by atoms with Crippen LogP contribution in [0.2, 0.25) is 0 Å². The molecule has 2 aromatic carbocycles. The molecule has 1 aliphatic rings. The molecule has 0 aliphatic carbocycles. The molecule has 8 nitrogen and oxygen atoms in total. The number of hydrogen-bond donors (Lipinski definition) is 0. The van der Waals surface area contributed by atoms with Crippen molar-refractivity contribution < 1.29 is 17.9 Å². The zero-order valence-electron chi connectivity index (χ0n) is 20.0. The summed E-state index contributed by atoms with van der Waals surface area (Å²) < 4.78 is 34.9. The average molecular weight is 582 g/mol. The standard InChI is InChI=1S/C24H29BrN4O4S2/c1-27(2)12-13-29(24-26-21-11-8-18(25)15-22(21)34-24)23(30)17-6-9-20(10-7-17)35(31,32)28(3)16-19-5-4-14-33-19/h6-11,15,19H,4-5,12-14,16H2,1-3H3/t19-/m1/s1. The Balaban J connectivity index is 1.56. The molecule has 1 atom stereocenters. The smallest absolute Gasteiger partial charge is 0.260 e. The van der Waals surface area contributed by atoms with Crippen molar-refractivity contribution in [1.82, 2.24) is 14.2 Å². The van der Waals surface area contributed by atoms with Crippen LogP contribution in [0.4, 0.5) is 5.13 Å². The number of carbonyl (C=O) groups excluding carboxylic acids is 1. The average Bonchev–Trinajstić information content (AvgIpc) is 3.48. The van der Waals surface area contributed by atoms with Crippen molar-refractivity contribution >= 4 is 58.5 Å². The molecule has 1 amide bonds. The first kappa shape index (κ1) is 26.2. The number of carbonyl (C=O) groups is 1. The van der Waals surface area contributed by atoms with Crippen molar-refractivity contribution in [3.63, 3.8) is 0 Å². The second-order valence-corrected chi connectivity index (χ2v) is 12.8. The van der Waals surface area contributed by atoms with Crippen LogP contribution in [0.15, 0.2) is 51.8 Å². The van der Waals surface area contributed by atoms with Gasteiger partial charge in [0.1, 0.15) is 0 Å². The Bertz CT molecular complexity index is 1290. The van der Waals surface area contributed by atoms with Gasteiger partial charge in [-0.3, -0.25) is 9.69 Å². The maximum Gasteiger partial charge on any atom is 0.260 e. The van der Waals surface area contributed by atoms with Crippen molar-refractivity contribution in [2.24, 2.45) is 0 Å². The number of halogens is 1. The highest BCUT2D eigenvalue weighted by atomic mass is 79.9. The van der Waals surface area contributed by atoms with Gasteiger partial charge in [-0.1, -0.05) is 27.3 Å². The normalized spacial score (nSPS) is 16.5. The maximum atomic E-state index is 13.5. The molecular weight excluding hydrogens is 552 g/mol. The summed E-state index contributed by atoms with van der Waals surface area (Å²) in [6.07, 6.45) is 1.74. The summed E-state index contributed by atoms with van der Waals surface area (Å²) >= 11 is 4.93. The Morgan fingerprint density at radius 1 is 1.14 bits per heavy atom. The van der Waals surface area contributed by atoms with Crippen LogP contribution in [0.1, 0.15) is 23.2 Å². The minimum absolute atomic E-state index is 0.0738. The van der Waals surface area contributed by atoms with E-state index in [9.17, 15) is 13.2 Å². The number of nitrogens with zero attached hydrogens (tertiary/aromatic N) is 4. The summed E-state index contributed by atoms with van der Waals surface area (Å²) in [6, 6.07) is 12.0. The van der Waals surface area contributed by atoms with Gasteiger partial charge in [0, 0.05) is 43.3 Å². The second-order valence-electron chi connectivity index (χ2n) is 8.81. The van der Waals surface area contributed by atoms with Crippen LogP contribution in [-0.4, -0.2) is 82.0 Å². The van der Waals surface area contributed by atoms with E-state index in [0.717, 1.165) is 27.5 Å². The Labute approximate surface area is 218 Å². The van der Waals surface area contributed by atoms with Gasteiger partial charge in [-0.25, -0.2) is 13.4 Å². The Hall–Kier alpha value is -1.89. The zero-order chi connectivity index (χ0) is 25.2. The van der Waals surface area contributed by atoms with Gasteiger partial charge in [-0.15, -0.1) is 0 Å². The summed E-state index contributed by atoms with van der Waals surface area (Å²) in [7, 11) is 1.78. The number of aromatic nitrogens is 1. The number of thiazole rings is 1. The van der Waals surface area contributed by atoms with E-state index in [-0.39, 0.29) is 16.9 Å². The summed E-state index contributed by atoms with van der Waals surface area (Å²) in [4.78, 5) is 22.0. The van der Waals surface area contributed by atoms with Crippen molar-refractivity contribution in [1.29, 1.82) is 0 Å². The summed E-state index contributed by atoms with van der Waals surface area (Å²) in [6.45, 7) is 2.10. The lowest BCUT2D eigenvalue weighted by Crippen LogP contribution is -2.37.